The molecule has 192 valence electrons. The van der Waals surface area contributed by atoms with Gasteiger partial charge in [0.25, 0.3) is 0 Å². The highest BCUT2D eigenvalue weighted by molar-refractivity contribution is 5.35. The quantitative estimate of drug-likeness (QED) is 0.405. The molecule has 35 heavy (non-hydrogen) atoms. The van der Waals surface area contributed by atoms with Crippen molar-refractivity contribution in [1.82, 2.24) is 4.90 Å². The molecule has 0 bridgehead atoms. The van der Waals surface area contributed by atoms with Gasteiger partial charge in [0.15, 0.2) is 6.29 Å². The summed E-state index contributed by atoms with van der Waals surface area (Å²) in [4.78, 5) is 2.41. The monoisotopic (exact) mass is 501 g/mol. The highest BCUT2D eigenvalue weighted by atomic mass is 19.4. The van der Waals surface area contributed by atoms with E-state index >= 15 is 0 Å². The first kappa shape index (κ1) is 26.0. The third-order valence-corrected chi connectivity index (χ3v) is 6.87. The van der Waals surface area contributed by atoms with Crippen LogP contribution in [0.1, 0.15) is 66.9 Å². The first-order valence-corrected chi connectivity index (χ1v) is 11.9. The molecule has 0 aliphatic carbocycles. The Morgan fingerprint density at radius 1 is 0.886 bits per heavy atom. The first-order chi connectivity index (χ1) is 16.5. The van der Waals surface area contributed by atoms with Gasteiger partial charge in [0.2, 0.25) is 0 Å². The van der Waals surface area contributed by atoms with Gasteiger partial charge in [-0.2, -0.15) is 26.3 Å². The smallest absolute Gasteiger partial charge is 0.352 e. The van der Waals surface area contributed by atoms with Crippen molar-refractivity contribution in [2.24, 2.45) is 0 Å². The van der Waals surface area contributed by atoms with E-state index in [1.165, 1.54) is 13.3 Å². The topological polar surface area (TPSA) is 21.7 Å². The van der Waals surface area contributed by atoms with Crippen molar-refractivity contribution in [2.45, 2.75) is 69.3 Å². The van der Waals surface area contributed by atoms with E-state index in [2.05, 4.69) is 4.90 Å². The van der Waals surface area contributed by atoms with Crippen LogP contribution in [0.15, 0.2) is 48.5 Å². The molecular formula is C26H29F6NO2. The number of piperidine rings is 1. The van der Waals surface area contributed by atoms with Crippen molar-refractivity contribution < 1.29 is 35.8 Å². The van der Waals surface area contributed by atoms with Gasteiger partial charge >= 0.3 is 12.4 Å². The Hall–Kier alpha value is -2.10. The molecule has 4 atom stereocenters. The van der Waals surface area contributed by atoms with Gasteiger partial charge in [0.05, 0.1) is 29.8 Å². The van der Waals surface area contributed by atoms with Gasteiger partial charge in [0.1, 0.15) is 0 Å². The predicted molar refractivity (Wildman–Crippen MR) is 119 cm³/mol. The first-order valence-electron chi connectivity index (χ1n) is 11.9. The van der Waals surface area contributed by atoms with Crippen LogP contribution in [0, 0.1) is 0 Å². The maximum Gasteiger partial charge on any atom is 0.416 e. The average molecular weight is 502 g/mol. The van der Waals surface area contributed by atoms with Crippen molar-refractivity contribution in [3.8, 4) is 0 Å². The lowest BCUT2D eigenvalue weighted by atomic mass is 9.85. The van der Waals surface area contributed by atoms with Crippen LogP contribution in [0.5, 0.6) is 0 Å². The molecule has 3 nitrogen and oxygen atoms in total. The lowest BCUT2D eigenvalue weighted by Gasteiger charge is -2.45. The summed E-state index contributed by atoms with van der Waals surface area (Å²) in [6, 6.07) is 11.3. The van der Waals surface area contributed by atoms with Gasteiger partial charge in [-0.05, 0) is 68.6 Å². The van der Waals surface area contributed by atoms with Gasteiger partial charge in [-0.3, -0.25) is 4.90 Å². The Bertz CT molecular complexity index is 940. The van der Waals surface area contributed by atoms with E-state index in [0.29, 0.717) is 6.61 Å². The number of hydrogen-bond donors (Lipinski definition) is 0. The van der Waals surface area contributed by atoms with E-state index in [1.54, 1.807) is 0 Å². The van der Waals surface area contributed by atoms with E-state index in [9.17, 15) is 26.3 Å². The maximum atomic E-state index is 13.4. The van der Waals surface area contributed by atoms with Gasteiger partial charge < -0.3 is 9.47 Å². The molecule has 2 aliphatic rings. The fraction of sp³-hybridized carbons (Fsp3) is 0.538. The summed E-state index contributed by atoms with van der Waals surface area (Å²) in [6.45, 7) is 3.75. The summed E-state index contributed by atoms with van der Waals surface area (Å²) in [5.41, 5.74) is -1.93. The number of hydrogen-bond acceptors (Lipinski definition) is 3. The van der Waals surface area contributed by atoms with Gasteiger partial charge in [-0.25, -0.2) is 0 Å². The predicted octanol–water partition coefficient (Wildman–Crippen LogP) is 7.19. The minimum atomic E-state index is -4.91. The zero-order chi connectivity index (χ0) is 25.2. The van der Waals surface area contributed by atoms with Crippen LogP contribution in [-0.4, -0.2) is 36.9 Å². The van der Waals surface area contributed by atoms with Gasteiger partial charge in [-0.1, -0.05) is 36.8 Å². The second kappa shape index (κ2) is 10.5. The Morgan fingerprint density at radius 2 is 1.49 bits per heavy atom. The second-order valence-electron chi connectivity index (χ2n) is 9.25. The molecule has 0 aromatic heterocycles. The fourth-order valence-corrected chi connectivity index (χ4v) is 5.10. The summed E-state index contributed by atoms with van der Waals surface area (Å²) in [5.74, 6) is -0.224. The van der Waals surface area contributed by atoms with Gasteiger partial charge in [0, 0.05) is 6.04 Å². The molecule has 0 radical (unpaired) electrons. The molecule has 9 heteroatoms. The van der Waals surface area contributed by atoms with Crippen LogP contribution in [0.3, 0.4) is 0 Å². The van der Waals surface area contributed by atoms with E-state index in [1.807, 2.05) is 30.3 Å². The molecule has 2 aromatic rings. The number of halogens is 6. The standard InChI is InChI=1S/C26H29F6NO2/c1-17(19-14-20(25(27,28)29)16-21(15-19)26(30,31)32)35-24-23(18-8-4-2-5-9-18)22(10-13-34-24)33-11-6-3-7-12-33/h2,4-5,8-9,14-17,22-24H,3,6-7,10-13H2,1H3/t17?,22-,23-,24?/m1/s1. The largest absolute Gasteiger partial charge is 0.416 e. The molecule has 0 amide bonds. The summed E-state index contributed by atoms with van der Waals surface area (Å²) in [7, 11) is 0. The van der Waals surface area contributed by atoms with Crippen LogP contribution in [-0.2, 0) is 21.8 Å². The Balaban J connectivity index is 1.64. The molecule has 2 heterocycles. The van der Waals surface area contributed by atoms with Crippen molar-refractivity contribution >= 4 is 0 Å². The highest BCUT2D eigenvalue weighted by Gasteiger charge is 2.41. The van der Waals surface area contributed by atoms with Crippen LogP contribution >= 0.6 is 0 Å². The minimum Gasteiger partial charge on any atom is -0.352 e. The highest BCUT2D eigenvalue weighted by Crippen LogP contribution is 2.41. The van der Waals surface area contributed by atoms with Crippen LogP contribution in [0.2, 0.25) is 0 Å². The summed E-state index contributed by atoms with van der Waals surface area (Å²) < 4.78 is 92.2. The molecule has 4 rings (SSSR count). The van der Waals surface area contributed by atoms with E-state index in [0.717, 1.165) is 50.0 Å². The van der Waals surface area contributed by atoms with E-state index in [-0.39, 0.29) is 23.6 Å². The molecule has 2 saturated heterocycles. The normalized spacial score (nSPS) is 25.4. The molecule has 0 saturated carbocycles. The summed E-state index contributed by atoms with van der Waals surface area (Å²) in [6.07, 6.45) is -7.56. The second-order valence-corrected chi connectivity index (χ2v) is 9.25. The number of nitrogens with zero attached hydrogens (tertiary/aromatic N) is 1. The molecule has 2 aliphatic heterocycles. The number of benzene rings is 2. The lowest BCUT2D eigenvalue weighted by Crippen LogP contribution is -2.50. The van der Waals surface area contributed by atoms with Crippen LogP contribution < -0.4 is 0 Å². The molecule has 0 N–H and O–H groups in total. The van der Waals surface area contributed by atoms with Crippen LogP contribution in [0.4, 0.5) is 26.3 Å². The Kier molecular flexibility index (Phi) is 7.78. The molecule has 2 aromatic carbocycles. The molecule has 2 fully saturated rings. The van der Waals surface area contributed by atoms with Crippen molar-refractivity contribution in [1.29, 1.82) is 0 Å². The van der Waals surface area contributed by atoms with Crippen LogP contribution in [0.25, 0.3) is 0 Å². The average Bonchev–Trinajstić information content (AvgIpc) is 2.83. The zero-order valence-corrected chi connectivity index (χ0v) is 19.4. The van der Waals surface area contributed by atoms with E-state index < -0.39 is 35.9 Å². The van der Waals surface area contributed by atoms with Crippen molar-refractivity contribution in [3.63, 3.8) is 0 Å². The summed E-state index contributed by atoms with van der Waals surface area (Å²) >= 11 is 0. The molecule has 0 spiro atoms. The molecule has 2 unspecified atom stereocenters. The molecular weight excluding hydrogens is 472 g/mol. The third kappa shape index (κ3) is 6.19. The lowest BCUT2D eigenvalue weighted by molar-refractivity contribution is -0.212. The zero-order valence-electron chi connectivity index (χ0n) is 19.4. The Morgan fingerprint density at radius 3 is 2.06 bits per heavy atom. The fourth-order valence-electron chi connectivity index (χ4n) is 5.10. The van der Waals surface area contributed by atoms with Crippen molar-refractivity contribution in [3.05, 3.63) is 70.8 Å². The maximum absolute atomic E-state index is 13.4. The van der Waals surface area contributed by atoms with E-state index in [4.69, 9.17) is 9.47 Å². The number of likely N-dealkylation sites (tertiary alicyclic amines) is 1. The number of alkyl halides is 6. The Labute approximate surface area is 201 Å². The number of rotatable bonds is 5. The van der Waals surface area contributed by atoms with Crippen molar-refractivity contribution in [2.75, 3.05) is 19.7 Å². The minimum absolute atomic E-state index is 0.107. The van der Waals surface area contributed by atoms with Gasteiger partial charge in [-0.15, -0.1) is 0 Å². The number of ether oxygens (including phenoxy) is 2. The summed E-state index contributed by atoms with van der Waals surface area (Å²) in [5, 5.41) is 0. The third-order valence-electron chi connectivity index (χ3n) is 6.87. The SMILES string of the molecule is CC(OC1OCC[C@@H](N2CCCCC2)[C@H]1c1ccccc1)c1cc(C(F)(F)F)cc(C(F)(F)F)c1.